The number of hydrogen-bond donors (Lipinski definition) is 0. The number of methoxy groups -OCH3 is 1. The zero-order valence-electron chi connectivity index (χ0n) is 23.4. The molecular formula is C35H34O4. The van der Waals surface area contributed by atoms with Gasteiger partial charge in [0.2, 0.25) is 0 Å². The predicted octanol–water partition coefficient (Wildman–Crippen LogP) is 9.31. The van der Waals surface area contributed by atoms with Crippen LogP contribution in [0.25, 0.3) is 44.9 Å². The van der Waals surface area contributed by atoms with Crippen LogP contribution >= 0.6 is 0 Å². The van der Waals surface area contributed by atoms with E-state index in [0.29, 0.717) is 23.0 Å². The topological polar surface area (TPSA) is 48.7 Å². The first-order valence-corrected chi connectivity index (χ1v) is 13.4. The second-order valence-electron chi connectivity index (χ2n) is 10.2. The molecule has 0 saturated heterocycles. The number of esters is 1. The van der Waals surface area contributed by atoms with E-state index in [1.807, 2.05) is 61.5 Å². The smallest absolute Gasteiger partial charge is 0.342 e. The van der Waals surface area contributed by atoms with E-state index >= 15 is 0 Å². The average Bonchev–Trinajstić information content (AvgIpc) is 3.43. The summed E-state index contributed by atoms with van der Waals surface area (Å²) in [4.78, 5) is 13.7. The maximum absolute atomic E-state index is 13.7. The van der Waals surface area contributed by atoms with Gasteiger partial charge in [-0.2, -0.15) is 0 Å². The third kappa shape index (κ3) is 4.83. The molecule has 2 aliphatic rings. The van der Waals surface area contributed by atoms with Gasteiger partial charge in [0.1, 0.15) is 22.8 Å². The van der Waals surface area contributed by atoms with E-state index in [9.17, 15) is 4.79 Å². The normalized spacial score (nSPS) is 11.3. The van der Waals surface area contributed by atoms with Crippen LogP contribution in [-0.4, -0.2) is 19.7 Å². The maximum atomic E-state index is 13.7. The number of benzene rings is 2. The molecule has 39 heavy (non-hydrogen) atoms. The highest BCUT2D eigenvalue weighted by Crippen LogP contribution is 2.50. The molecule has 0 radical (unpaired) electrons. The fourth-order valence-corrected chi connectivity index (χ4v) is 5.22. The van der Waals surface area contributed by atoms with E-state index in [-0.39, 0.29) is 6.61 Å². The lowest BCUT2D eigenvalue weighted by atomic mass is 9.92. The standard InChI is InChI=1S/C35H34O4/c1-7-38-35(36)32-31(29-19-23(5)28-20-26(21(2)3)14-13-22(4)30(28)29)33(25-15-17-27(37-6)18-16-25)39-34(32)24-11-9-8-10-12-24/h8-21H,7H2,1-6H3. The van der Waals surface area contributed by atoms with Crippen LogP contribution in [0, 0.1) is 13.8 Å². The van der Waals surface area contributed by atoms with Gasteiger partial charge in [0.15, 0.2) is 0 Å². The Morgan fingerprint density at radius 3 is 2.13 bits per heavy atom. The second-order valence-corrected chi connectivity index (χ2v) is 10.2. The Morgan fingerprint density at radius 2 is 1.49 bits per heavy atom. The van der Waals surface area contributed by atoms with Gasteiger partial charge in [-0.15, -0.1) is 0 Å². The lowest BCUT2D eigenvalue weighted by Gasteiger charge is -2.10. The molecule has 0 amide bonds. The SMILES string of the molecule is CCOC(=O)c1c(-c2ccccc2)oc(-c2ccc(OC)cc2)c1-c1cc(C)c2cc(C(C)C)ccc(C)c1-2. The largest absolute Gasteiger partial charge is 0.497 e. The summed E-state index contributed by atoms with van der Waals surface area (Å²) in [7, 11) is 1.65. The van der Waals surface area contributed by atoms with Gasteiger partial charge in [0, 0.05) is 16.7 Å². The van der Waals surface area contributed by atoms with E-state index in [2.05, 4.69) is 52.0 Å². The number of ether oxygens (including phenoxy) is 2. The molecule has 0 saturated carbocycles. The summed E-state index contributed by atoms with van der Waals surface area (Å²) in [5, 5.41) is 0. The number of aryl methyl sites for hydroxylation is 2. The summed E-state index contributed by atoms with van der Waals surface area (Å²) in [6.45, 7) is 10.8. The molecule has 4 nitrogen and oxygen atoms in total. The number of carbonyl (C=O) groups is 1. The summed E-state index contributed by atoms with van der Waals surface area (Å²) in [5.74, 6) is 1.87. The van der Waals surface area contributed by atoms with Crippen molar-refractivity contribution < 1.29 is 18.7 Å². The predicted molar refractivity (Wildman–Crippen MR) is 158 cm³/mol. The molecule has 1 heterocycles. The number of fused-ring (bicyclic) bond motifs is 1. The molecule has 2 aliphatic carbocycles. The first-order valence-electron chi connectivity index (χ1n) is 13.4. The monoisotopic (exact) mass is 518 g/mol. The molecule has 4 heteroatoms. The lowest BCUT2D eigenvalue weighted by molar-refractivity contribution is 0.0527. The van der Waals surface area contributed by atoms with Crippen LogP contribution in [0.2, 0.25) is 0 Å². The van der Waals surface area contributed by atoms with Crippen LogP contribution < -0.4 is 4.74 Å². The molecule has 0 N–H and O–H groups in total. The summed E-state index contributed by atoms with van der Waals surface area (Å²) in [6, 6.07) is 26.3. The minimum Gasteiger partial charge on any atom is -0.497 e. The van der Waals surface area contributed by atoms with Crippen molar-refractivity contribution in [2.45, 2.75) is 40.5 Å². The van der Waals surface area contributed by atoms with Crippen LogP contribution in [0.4, 0.5) is 0 Å². The summed E-state index contributed by atoms with van der Waals surface area (Å²) in [5.41, 5.74) is 9.67. The third-order valence-electron chi connectivity index (χ3n) is 7.27. The maximum Gasteiger partial charge on any atom is 0.342 e. The molecule has 0 spiro atoms. The average molecular weight is 519 g/mol. The van der Waals surface area contributed by atoms with Crippen molar-refractivity contribution in [2.24, 2.45) is 0 Å². The van der Waals surface area contributed by atoms with E-state index < -0.39 is 5.97 Å². The molecular weight excluding hydrogens is 484 g/mol. The van der Waals surface area contributed by atoms with Crippen molar-refractivity contribution in [3.8, 4) is 50.7 Å². The van der Waals surface area contributed by atoms with Gasteiger partial charge in [0.05, 0.1) is 13.7 Å². The van der Waals surface area contributed by atoms with Gasteiger partial charge in [-0.05, 0) is 84.3 Å². The van der Waals surface area contributed by atoms with Crippen molar-refractivity contribution in [1.82, 2.24) is 0 Å². The molecule has 1 aromatic heterocycles. The summed E-state index contributed by atoms with van der Waals surface area (Å²) < 4.78 is 17.7. The Kier molecular flexibility index (Phi) is 7.30. The van der Waals surface area contributed by atoms with Gasteiger partial charge in [-0.3, -0.25) is 0 Å². The Bertz CT molecular complexity index is 1590. The van der Waals surface area contributed by atoms with Crippen molar-refractivity contribution in [2.75, 3.05) is 13.7 Å². The minimum atomic E-state index is -0.400. The molecule has 2 aromatic carbocycles. The molecule has 0 atom stereocenters. The van der Waals surface area contributed by atoms with Gasteiger partial charge >= 0.3 is 5.97 Å². The van der Waals surface area contributed by atoms with Gasteiger partial charge < -0.3 is 13.9 Å². The number of furan rings is 1. The zero-order valence-corrected chi connectivity index (χ0v) is 23.4. The number of carbonyl (C=O) groups excluding carboxylic acids is 1. The van der Waals surface area contributed by atoms with Crippen LogP contribution in [0.1, 0.15) is 53.7 Å². The van der Waals surface area contributed by atoms with E-state index in [1.54, 1.807) is 7.11 Å². The number of hydrogen-bond acceptors (Lipinski definition) is 4. The molecule has 0 unspecified atom stereocenters. The van der Waals surface area contributed by atoms with Gasteiger partial charge in [-0.25, -0.2) is 4.79 Å². The second kappa shape index (κ2) is 10.8. The molecule has 3 aromatic rings. The van der Waals surface area contributed by atoms with Crippen molar-refractivity contribution >= 4 is 5.97 Å². The van der Waals surface area contributed by atoms with Gasteiger partial charge in [0.25, 0.3) is 0 Å². The Labute approximate surface area is 230 Å². The Balaban J connectivity index is 1.89. The first kappa shape index (κ1) is 26.3. The lowest BCUT2D eigenvalue weighted by Crippen LogP contribution is -2.06. The first-order chi connectivity index (χ1) is 18.8. The van der Waals surface area contributed by atoms with Crippen molar-refractivity contribution in [1.29, 1.82) is 0 Å². The minimum absolute atomic E-state index is 0.266. The molecule has 198 valence electrons. The van der Waals surface area contributed by atoms with Gasteiger partial charge in [-0.1, -0.05) is 68.4 Å². The Morgan fingerprint density at radius 1 is 0.795 bits per heavy atom. The third-order valence-corrected chi connectivity index (χ3v) is 7.27. The van der Waals surface area contributed by atoms with Crippen LogP contribution in [0.3, 0.4) is 0 Å². The zero-order chi connectivity index (χ0) is 27.7. The fourth-order valence-electron chi connectivity index (χ4n) is 5.22. The highest BCUT2D eigenvalue weighted by atomic mass is 16.5. The number of rotatable bonds is 7. The highest BCUT2D eigenvalue weighted by molar-refractivity contribution is 6.09. The van der Waals surface area contributed by atoms with Crippen LogP contribution in [0.5, 0.6) is 5.75 Å². The summed E-state index contributed by atoms with van der Waals surface area (Å²) >= 11 is 0. The van der Waals surface area contributed by atoms with Crippen molar-refractivity contribution in [3.05, 3.63) is 101 Å². The van der Waals surface area contributed by atoms with E-state index in [4.69, 9.17) is 13.9 Å². The molecule has 0 aliphatic heterocycles. The van der Waals surface area contributed by atoms with Crippen LogP contribution in [0.15, 0.2) is 83.3 Å². The molecule has 5 rings (SSSR count). The van der Waals surface area contributed by atoms with Crippen molar-refractivity contribution in [3.63, 3.8) is 0 Å². The van der Waals surface area contributed by atoms with Crippen LogP contribution in [-0.2, 0) is 4.74 Å². The van der Waals surface area contributed by atoms with E-state index in [1.165, 1.54) is 11.1 Å². The quantitative estimate of drug-likeness (QED) is 0.201. The Hall–Kier alpha value is -4.31. The fraction of sp³-hybridized carbons (Fsp3) is 0.229. The summed E-state index contributed by atoms with van der Waals surface area (Å²) in [6.07, 6.45) is 0. The molecule has 0 bridgehead atoms. The highest BCUT2D eigenvalue weighted by Gasteiger charge is 2.32. The van der Waals surface area contributed by atoms with E-state index in [0.717, 1.165) is 44.7 Å². The molecule has 0 fully saturated rings.